The van der Waals surface area contributed by atoms with Crippen LogP contribution in [0.1, 0.15) is 43.7 Å². The molecule has 0 aliphatic heterocycles. The van der Waals surface area contributed by atoms with Crippen LogP contribution in [0.4, 0.5) is 18.9 Å². The quantitative estimate of drug-likeness (QED) is 0.815. The second-order valence-corrected chi connectivity index (χ2v) is 6.16. The summed E-state index contributed by atoms with van der Waals surface area (Å²) in [6.45, 7) is 2.20. The van der Waals surface area contributed by atoms with E-state index in [4.69, 9.17) is 18.0 Å². The van der Waals surface area contributed by atoms with Crippen LogP contribution >= 0.6 is 12.2 Å². The van der Waals surface area contributed by atoms with Crippen molar-refractivity contribution in [3.8, 4) is 0 Å². The molecule has 0 bridgehead atoms. The van der Waals surface area contributed by atoms with Gasteiger partial charge in [-0.1, -0.05) is 19.1 Å². The van der Waals surface area contributed by atoms with Crippen LogP contribution in [0, 0.1) is 5.92 Å². The van der Waals surface area contributed by atoms with Gasteiger partial charge in [-0.25, -0.2) is 0 Å². The van der Waals surface area contributed by atoms with E-state index in [1.54, 1.807) is 6.07 Å². The Morgan fingerprint density at radius 2 is 1.86 bits per heavy atom. The van der Waals surface area contributed by atoms with Gasteiger partial charge in [-0.15, -0.1) is 0 Å². The summed E-state index contributed by atoms with van der Waals surface area (Å²) in [4.78, 5) is -0.236. The number of alkyl halides is 3. The number of rotatable bonds is 3. The molecular formula is C15H19F3N2S. The van der Waals surface area contributed by atoms with Crippen molar-refractivity contribution < 1.29 is 13.2 Å². The lowest BCUT2D eigenvalue weighted by Crippen LogP contribution is -2.25. The number of benzene rings is 1. The van der Waals surface area contributed by atoms with Gasteiger partial charge >= 0.3 is 6.18 Å². The van der Waals surface area contributed by atoms with Crippen LogP contribution in [-0.4, -0.2) is 11.0 Å². The molecule has 0 aromatic heterocycles. The fourth-order valence-corrected chi connectivity index (χ4v) is 2.90. The molecule has 3 N–H and O–H groups in total. The van der Waals surface area contributed by atoms with E-state index in [0.29, 0.717) is 11.6 Å². The van der Waals surface area contributed by atoms with Gasteiger partial charge in [0.05, 0.1) is 5.56 Å². The Labute approximate surface area is 127 Å². The van der Waals surface area contributed by atoms with Gasteiger partial charge < -0.3 is 11.1 Å². The van der Waals surface area contributed by atoms with Gasteiger partial charge in [0.25, 0.3) is 0 Å². The largest absolute Gasteiger partial charge is 0.417 e. The maximum atomic E-state index is 13.1. The SMILES string of the molecule is CC1CCC(Nc2ccc(C(N)=S)c(C(F)(F)F)c2)CC1. The summed E-state index contributed by atoms with van der Waals surface area (Å²) in [5.74, 6) is 0.700. The predicted molar refractivity (Wildman–Crippen MR) is 82.4 cm³/mol. The molecule has 0 unspecified atom stereocenters. The molecule has 116 valence electrons. The van der Waals surface area contributed by atoms with E-state index in [9.17, 15) is 13.2 Å². The van der Waals surface area contributed by atoms with E-state index in [0.717, 1.165) is 31.7 Å². The summed E-state index contributed by atoms with van der Waals surface area (Å²) < 4.78 is 39.2. The minimum Gasteiger partial charge on any atom is -0.389 e. The molecule has 1 aromatic rings. The van der Waals surface area contributed by atoms with Gasteiger partial charge in [-0.2, -0.15) is 13.2 Å². The molecule has 1 aliphatic carbocycles. The number of hydrogen-bond donors (Lipinski definition) is 2. The highest BCUT2D eigenvalue weighted by Gasteiger charge is 2.34. The minimum atomic E-state index is -4.46. The van der Waals surface area contributed by atoms with Crippen molar-refractivity contribution in [2.24, 2.45) is 11.7 Å². The van der Waals surface area contributed by atoms with Gasteiger partial charge in [0.2, 0.25) is 0 Å². The Hall–Kier alpha value is -1.30. The van der Waals surface area contributed by atoms with Crippen molar-refractivity contribution in [2.45, 2.75) is 44.8 Å². The number of hydrogen-bond acceptors (Lipinski definition) is 2. The molecular weight excluding hydrogens is 297 g/mol. The Balaban J connectivity index is 2.20. The van der Waals surface area contributed by atoms with Crippen molar-refractivity contribution in [2.75, 3.05) is 5.32 Å². The molecule has 1 saturated carbocycles. The highest BCUT2D eigenvalue weighted by Crippen LogP contribution is 2.34. The Morgan fingerprint density at radius 3 is 2.38 bits per heavy atom. The molecule has 2 nitrogen and oxygen atoms in total. The fourth-order valence-electron chi connectivity index (χ4n) is 2.72. The van der Waals surface area contributed by atoms with Crippen LogP contribution in [0.3, 0.4) is 0 Å². The summed E-state index contributed by atoms with van der Waals surface area (Å²) in [6.07, 6.45) is -0.278. The van der Waals surface area contributed by atoms with Gasteiger partial charge in [-0.3, -0.25) is 0 Å². The standard InChI is InChI=1S/C15H19F3N2S/c1-9-2-4-10(5-3-9)20-11-6-7-12(14(19)21)13(8-11)15(16,17)18/h6-10,20H,2-5H2,1H3,(H2,19,21). The number of anilines is 1. The number of nitrogens with one attached hydrogen (secondary N) is 1. The first-order chi connectivity index (χ1) is 9.77. The first-order valence-electron chi connectivity index (χ1n) is 7.05. The summed E-state index contributed by atoms with van der Waals surface area (Å²) in [5.41, 5.74) is 4.95. The number of halogens is 3. The molecule has 2 rings (SSSR count). The normalized spacial score (nSPS) is 22.9. The summed E-state index contributed by atoms with van der Waals surface area (Å²) in [5, 5.41) is 3.20. The molecule has 0 spiro atoms. The smallest absolute Gasteiger partial charge is 0.389 e. The third-order valence-electron chi connectivity index (χ3n) is 3.98. The zero-order valence-corrected chi connectivity index (χ0v) is 12.7. The van der Waals surface area contributed by atoms with E-state index in [2.05, 4.69) is 12.2 Å². The molecule has 0 atom stereocenters. The second kappa shape index (κ2) is 6.22. The van der Waals surface area contributed by atoms with Crippen LogP contribution < -0.4 is 11.1 Å². The molecule has 0 radical (unpaired) electrons. The summed E-state index contributed by atoms with van der Waals surface area (Å²) in [6, 6.07) is 4.30. The average molecular weight is 316 g/mol. The van der Waals surface area contributed by atoms with Gasteiger partial charge in [-0.05, 0) is 49.8 Å². The first-order valence-corrected chi connectivity index (χ1v) is 7.46. The third kappa shape index (κ3) is 4.09. The van der Waals surface area contributed by atoms with Crippen molar-refractivity contribution in [3.05, 3.63) is 29.3 Å². The average Bonchev–Trinajstić information content (AvgIpc) is 2.40. The van der Waals surface area contributed by atoms with Crippen molar-refractivity contribution in [1.82, 2.24) is 0 Å². The van der Waals surface area contributed by atoms with Gasteiger partial charge in [0.15, 0.2) is 0 Å². The summed E-state index contributed by atoms with van der Waals surface area (Å²) in [7, 11) is 0. The molecule has 21 heavy (non-hydrogen) atoms. The van der Waals surface area contributed by atoms with Crippen LogP contribution in [0.25, 0.3) is 0 Å². The Kier molecular flexibility index (Phi) is 4.76. The van der Waals surface area contributed by atoms with Crippen LogP contribution in [0.15, 0.2) is 18.2 Å². The Bertz CT molecular complexity index is 520. The number of nitrogens with two attached hydrogens (primary N) is 1. The zero-order chi connectivity index (χ0) is 15.6. The maximum absolute atomic E-state index is 13.1. The lowest BCUT2D eigenvalue weighted by atomic mass is 9.87. The van der Waals surface area contributed by atoms with Crippen LogP contribution in [-0.2, 0) is 6.18 Å². The number of thiocarbonyl (C=S) groups is 1. The monoisotopic (exact) mass is 316 g/mol. The van der Waals surface area contributed by atoms with E-state index in [1.807, 2.05) is 0 Å². The van der Waals surface area contributed by atoms with Crippen molar-refractivity contribution in [3.63, 3.8) is 0 Å². The highest BCUT2D eigenvalue weighted by molar-refractivity contribution is 7.80. The van der Waals surface area contributed by atoms with E-state index < -0.39 is 11.7 Å². The van der Waals surface area contributed by atoms with Crippen LogP contribution in [0.2, 0.25) is 0 Å². The lowest BCUT2D eigenvalue weighted by molar-refractivity contribution is -0.137. The first kappa shape index (κ1) is 16.1. The van der Waals surface area contributed by atoms with Crippen LogP contribution in [0.5, 0.6) is 0 Å². The second-order valence-electron chi connectivity index (χ2n) is 5.72. The van der Waals surface area contributed by atoms with E-state index in [1.165, 1.54) is 6.07 Å². The van der Waals surface area contributed by atoms with Crippen molar-refractivity contribution in [1.29, 1.82) is 0 Å². The fraction of sp³-hybridized carbons (Fsp3) is 0.533. The molecule has 0 heterocycles. The molecule has 1 aromatic carbocycles. The highest BCUT2D eigenvalue weighted by atomic mass is 32.1. The summed E-state index contributed by atoms with van der Waals surface area (Å²) >= 11 is 4.69. The zero-order valence-electron chi connectivity index (χ0n) is 11.8. The van der Waals surface area contributed by atoms with E-state index in [-0.39, 0.29) is 16.6 Å². The molecule has 0 saturated heterocycles. The van der Waals surface area contributed by atoms with E-state index >= 15 is 0 Å². The molecule has 1 fully saturated rings. The van der Waals surface area contributed by atoms with Gasteiger partial charge in [0.1, 0.15) is 4.99 Å². The lowest BCUT2D eigenvalue weighted by Gasteiger charge is -2.28. The molecule has 6 heteroatoms. The maximum Gasteiger partial charge on any atom is 0.417 e. The third-order valence-corrected chi connectivity index (χ3v) is 4.20. The molecule has 1 aliphatic rings. The predicted octanol–water partition coefficient (Wildman–Crippen LogP) is 4.33. The van der Waals surface area contributed by atoms with Gasteiger partial charge in [0, 0.05) is 17.3 Å². The topological polar surface area (TPSA) is 38.0 Å². The minimum absolute atomic E-state index is 0.125. The molecule has 0 amide bonds. The Morgan fingerprint density at radius 1 is 1.24 bits per heavy atom. The van der Waals surface area contributed by atoms with Crippen molar-refractivity contribution >= 4 is 22.9 Å².